The summed E-state index contributed by atoms with van der Waals surface area (Å²) in [6.07, 6.45) is 0.464. The van der Waals surface area contributed by atoms with Gasteiger partial charge in [0.15, 0.2) is 0 Å². The Morgan fingerprint density at radius 3 is 2.75 bits per heavy atom. The third kappa shape index (κ3) is 5.50. The van der Waals surface area contributed by atoms with E-state index in [1.165, 1.54) is 0 Å². The summed E-state index contributed by atoms with van der Waals surface area (Å²) in [7, 11) is 0. The maximum atomic E-state index is 11.7. The van der Waals surface area contributed by atoms with Gasteiger partial charge < -0.3 is 0 Å². The molecule has 1 aliphatic rings. The molecule has 96 valence electrons. The molecule has 1 rings (SSSR count). The van der Waals surface area contributed by atoms with E-state index in [0.29, 0.717) is 5.21 Å². The number of hydrogen-bond donors (Lipinski definition) is 2. The quantitative estimate of drug-likeness (QED) is 0.698. The molecule has 3 unspecified atom stereocenters. The first-order valence-electron chi connectivity index (χ1n) is 5.50. The van der Waals surface area contributed by atoms with E-state index in [-0.39, 0.29) is 25.6 Å². The predicted octanol–water partition coefficient (Wildman–Crippen LogP) is 0.497. The van der Waals surface area contributed by atoms with Crippen LogP contribution in [0.1, 0.15) is 12.8 Å². The van der Waals surface area contributed by atoms with Crippen LogP contribution in [0.25, 0.3) is 0 Å². The van der Waals surface area contributed by atoms with Gasteiger partial charge in [0.2, 0.25) is 0 Å². The van der Waals surface area contributed by atoms with Crippen molar-refractivity contribution in [3.8, 4) is 0 Å². The van der Waals surface area contributed by atoms with E-state index in [2.05, 4.69) is 0 Å². The second-order valence-electron chi connectivity index (χ2n) is 4.69. The summed E-state index contributed by atoms with van der Waals surface area (Å²) >= 11 is -2.64. The van der Waals surface area contributed by atoms with E-state index < -0.39 is 19.6 Å². The van der Waals surface area contributed by atoms with Crippen LogP contribution in [-0.2, 0) is 13.2 Å². The Labute approximate surface area is 98.4 Å². The summed E-state index contributed by atoms with van der Waals surface area (Å²) in [5, 5.41) is 18.3. The fraction of sp³-hybridized carbons (Fsp3) is 1.00. The topological polar surface area (TPSA) is 76.0 Å². The Balaban J connectivity index is 2.22. The summed E-state index contributed by atoms with van der Waals surface area (Å²) in [5.41, 5.74) is 3.62. The number of hydrogen-bond acceptors (Lipinski definition) is 5. The third-order valence-corrected chi connectivity index (χ3v) is 5.10. The van der Waals surface area contributed by atoms with Gasteiger partial charge in [-0.3, -0.25) is 0 Å². The van der Waals surface area contributed by atoms with Gasteiger partial charge in [0.05, 0.1) is 0 Å². The molecule has 3 atom stereocenters. The molecular formula is C10H21AsO5. The Hall–Kier alpha value is 0.198. The van der Waals surface area contributed by atoms with Crippen molar-refractivity contribution >= 4 is 13.5 Å². The van der Waals surface area contributed by atoms with Crippen LogP contribution in [-0.4, -0.2) is 55.4 Å². The molecule has 0 aliphatic carbocycles. The van der Waals surface area contributed by atoms with Crippen molar-refractivity contribution in [1.82, 2.24) is 0 Å². The number of aliphatic hydroxyl groups is 2. The number of aliphatic hydroxyl groups excluding tert-OH is 2. The molecule has 0 bridgehead atoms. The zero-order valence-corrected chi connectivity index (χ0v) is 11.7. The van der Waals surface area contributed by atoms with E-state index in [1.807, 2.05) is 11.4 Å². The van der Waals surface area contributed by atoms with Gasteiger partial charge in [-0.05, 0) is 0 Å². The second-order valence-corrected chi connectivity index (χ2v) is 12.1. The van der Waals surface area contributed by atoms with Crippen molar-refractivity contribution in [1.29, 1.82) is 0 Å². The fourth-order valence-corrected chi connectivity index (χ4v) is 4.31. The molecule has 6 heteroatoms. The van der Waals surface area contributed by atoms with Gasteiger partial charge in [-0.15, -0.1) is 0 Å². The third-order valence-electron chi connectivity index (χ3n) is 2.40. The van der Waals surface area contributed by atoms with Crippen LogP contribution in [0.4, 0.5) is 0 Å². The van der Waals surface area contributed by atoms with Crippen molar-refractivity contribution in [2.24, 2.45) is 0 Å². The van der Waals surface area contributed by atoms with Crippen LogP contribution >= 0.6 is 0 Å². The first-order valence-corrected chi connectivity index (χ1v) is 11.4. The molecule has 0 aromatic heterocycles. The SMILES string of the molecule is C[As](C)(=O)CC1CCC(OCC(O)CO)O1. The van der Waals surface area contributed by atoms with Crippen molar-refractivity contribution in [2.75, 3.05) is 13.2 Å². The van der Waals surface area contributed by atoms with E-state index in [4.69, 9.17) is 19.7 Å². The summed E-state index contributed by atoms with van der Waals surface area (Å²) in [6, 6.07) is 0. The minimum atomic E-state index is -2.64. The standard InChI is InChI=1S/C10H21AsO5/c1-11(2,14)5-9-3-4-10(16-9)15-7-8(13)6-12/h8-10,12-13H,3-7H2,1-2H3. The molecule has 0 amide bonds. The van der Waals surface area contributed by atoms with Crippen molar-refractivity contribution in [2.45, 2.75) is 48.0 Å². The van der Waals surface area contributed by atoms with Crippen LogP contribution in [0.2, 0.25) is 16.6 Å². The molecule has 0 saturated carbocycles. The van der Waals surface area contributed by atoms with Gasteiger partial charge in [-0.25, -0.2) is 0 Å². The van der Waals surface area contributed by atoms with Gasteiger partial charge in [0.1, 0.15) is 0 Å². The monoisotopic (exact) mass is 296 g/mol. The molecule has 0 aromatic carbocycles. The Bertz CT molecular complexity index is 252. The molecule has 0 aromatic rings. The Morgan fingerprint density at radius 2 is 2.19 bits per heavy atom. The molecule has 1 heterocycles. The molecule has 0 radical (unpaired) electrons. The summed E-state index contributed by atoms with van der Waals surface area (Å²) < 4.78 is 22.5. The zero-order valence-electron chi connectivity index (χ0n) is 9.83. The first-order chi connectivity index (χ1) is 7.40. The van der Waals surface area contributed by atoms with Gasteiger partial charge in [0.25, 0.3) is 0 Å². The molecule has 1 fully saturated rings. The molecule has 1 saturated heterocycles. The number of ether oxygens (including phenoxy) is 2. The number of rotatable bonds is 6. The Kier molecular flexibility index (Phi) is 5.54. The molecular weight excluding hydrogens is 275 g/mol. The van der Waals surface area contributed by atoms with Crippen LogP contribution in [0.3, 0.4) is 0 Å². The van der Waals surface area contributed by atoms with Crippen LogP contribution in [0.5, 0.6) is 0 Å². The maximum absolute atomic E-state index is 11.7. The molecule has 0 spiro atoms. The average Bonchev–Trinajstić information content (AvgIpc) is 2.59. The second kappa shape index (κ2) is 6.22. The summed E-state index contributed by atoms with van der Waals surface area (Å²) in [6.45, 7) is -0.229. The molecule has 2 N–H and O–H groups in total. The fourth-order valence-electron chi connectivity index (χ4n) is 1.69. The van der Waals surface area contributed by atoms with Crippen LogP contribution in [0.15, 0.2) is 0 Å². The average molecular weight is 296 g/mol. The van der Waals surface area contributed by atoms with Gasteiger partial charge in [-0.2, -0.15) is 0 Å². The van der Waals surface area contributed by atoms with E-state index in [0.717, 1.165) is 12.8 Å². The van der Waals surface area contributed by atoms with Crippen LogP contribution < -0.4 is 0 Å². The summed E-state index contributed by atoms with van der Waals surface area (Å²) in [5.74, 6) is 0. The normalized spacial score (nSPS) is 28.2. The molecule has 5 nitrogen and oxygen atoms in total. The predicted molar refractivity (Wildman–Crippen MR) is 59.9 cm³/mol. The zero-order chi connectivity index (χ0) is 12.2. The molecule has 16 heavy (non-hydrogen) atoms. The Morgan fingerprint density at radius 1 is 1.50 bits per heavy atom. The van der Waals surface area contributed by atoms with Gasteiger partial charge in [-0.1, -0.05) is 0 Å². The van der Waals surface area contributed by atoms with Gasteiger partial charge in [0, 0.05) is 0 Å². The van der Waals surface area contributed by atoms with Crippen molar-refractivity contribution < 1.29 is 23.4 Å². The summed E-state index contributed by atoms with van der Waals surface area (Å²) in [4.78, 5) is 0. The van der Waals surface area contributed by atoms with Crippen molar-refractivity contribution in [3.05, 3.63) is 0 Å². The van der Waals surface area contributed by atoms with E-state index in [9.17, 15) is 3.74 Å². The van der Waals surface area contributed by atoms with Crippen LogP contribution in [0, 0.1) is 0 Å². The van der Waals surface area contributed by atoms with E-state index >= 15 is 0 Å². The van der Waals surface area contributed by atoms with Gasteiger partial charge >= 0.3 is 98.1 Å². The van der Waals surface area contributed by atoms with Crippen molar-refractivity contribution in [3.63, 3.8) is 0 Å². The minimum absolute atomic E-state index is 0.0243. The molecule has 1 aliphatic heterocycles. The first kappa shape index (κ1) is 14.3. The van der Waals surface area contributed by atoms with E-state index in [1.54, 1.807) is 0 Å².